The molecule has 0 unspecified atom stereocenters. The standard InChI is InChI=1S/C13H28O2/c1-7-9-10-13(8-2,14-11(3)4)15-12(5)6/h11-12H,7-10H2,1-6H3. The lowest BCUT2D eigenvalue weighted by molar-refractivity contribution is -0.273. The summed E-state index contributed by atoms with van der Waals surface area (Å²) in [5.74, 6) is -0.363. The minimum atomic E-state index is -0.363. The fourth-order valence-corrected chi connectivity index (χ4v) is 1.79. The summed E-state index contributed by atoms with van der Waals surface area (Å²) in [4.78, 5) is 0. The van der Waals surface area contributed by atoms with E-state index in [4.69, 9.17) is 9.47 Å². The second kappa shape index (κ2) is 7.24. The van der Waals surface area contributed by atoms with Gasteiger partial charge in [0, 0.05) is 6.42 Å². The van der Waals surface area contributed by atoms with Crippen LogP contribution >= 0.6 is 0 Å². The minimum absolute atomic E-state index is 0.223. The second-order valence-electron chi connectivity index (χ2n) is 4.70. The predicted molar refractivity (Wildman–Crippen MR) is 65.0 cm³/mol. The van der Waals surface area contributed by atoms with E-state index >= 15 is 0 Å². The first-order valence-corrected chi connectivity index (χ1v) is 6.31. The maximum Gasteiger partial charge on any atom is 0.168 e. The van der Waals surface area contributed by atoms with Crippen molar-refractivity contribution in [1.82, 2.24) is 0 Å². The average Bonchev–Trinajstić information content (AvgIpc) is 2.12. The van der Waals surface area contributed by atoms with Crippen LogP contribution in [0.4, 0.5) is 0 Å². The van der Waals surface area contributed by atoms with Crippen molar-refractivity contribution in [3.63, 3.8) is 0 Å². The topological polar surface area (TPSA) is 18.5 Å². The first-order chi connectivity index (χ1) is 6.95. The number of ether oxygens (including phenoxy) is 2. The van der Waals surface area contributed by atoms with Gasteiger partial charge in [0.15, 0.2) is 5.79 Å². The SMILES string of the molecule is CCCCC(CC)(OC(C)C)OC(C)C. The Balaban J connectivity index is 4.44. The summed E-state index contributed by atoms with van der Waals surface area (Å²) in [5.41, 5.74) is 0. The number of rotatable bonds is 8. The van der Waals surface area contributed by atoms with Crippen LogP contribution in [0.1, 0.15) is 67.2 Å². The van der Waals surface area contributed by atoms with Gasteiger partial charge in [0.05, 0.1) is 12.2 Å². The molecule has 0 spiro atoms. The van der Waals surface area contributed by atoms with E-state index in [1.165, 1.54) is 6.42 Å². The molecule has 15 heavy (non-hydrogen) atoms. The zero-order valence-corrected chi connectivity index (χ0v) is 11.3. The largest absolute Gasteiger partial charge is 0.347 e. The molecule has 0 aliphatic rings. The summed E-state index contributed by atoms with van der Waals surface area (Å²) in [5, 5.41) is 0. The zero-order valence-electron chi connectivity index (χ0n) is 11.3. The van der Waals surface area contributed by atoms with Crippen molar-refractivity contribution >= 4 is 0 Å². The summed E-state index contributed by atoms with van der Waals surface area (Å²) < 4.78 is 12.0. The van der Waals surface area contributed by atoms with Crippen LogP contribution in [0.2, 0.25) is 0 Å². The summed E-state index contributed by atoms with van der Waals surface area (Å²) in [6.45, 7) is 12.6. The van der Waals surface area contributed by atoms with Gasteiger partial charge in [-0.2, -0.15) is 0 Å². The summed E-state index contributed by atoms with van der Waals surface area (Å²) >= 11 is 0. The lowest BCUT2D eigenvalue weighted by Gasteiger charge is -2.36. The van der Waals surface area contributed by atoms with Crippen LogP contribution in [-0.4, -0.2) is 18.0 Å². The van der Waals surface area contributed by atoms with Crippen LogP contribution in [0.15, 0.2) is 0 Å². The predicted octanol–water partition coefficient (Wildman–Crippen LogP) is 4.13. The molecule has 0 saturated carbocycles. The van der Waals surface area contributed by atoms with Gasteiger partial charge in [-0.3, -0.25) is 0 Å². The highest BCUT2D eigenvalue weighted by molar-refractivity contribution is 4.70. The Bertz CT molecular complexity index is 143. The van der Waals surface area contributed by atoms with Crippen molar-refractivity contribution in [2.24, 2.45) is 0 Å². The molecule has 92 valence electrons. The summed E-state index contributed by atoms with van der Waals surface area (Å²) in [6.07, 6.45) is 4.71. The van der Waals surface area contributed by atoms with Crippen molar-refractivity contribution in [3.05, 3.63) is 0 Å². The van der Waals surface area contributed by atoms with E-state index in [2.05, 4.69) is 41.5 Å². The van der Waals surface area contributed by atoms with E-state index in [1.807, 2.05) is 0 Å². The number of unbranched alkanes of at least 4 members (excludes halogenated alkanes) is 1. The van der Waals surface area contributed by atoms with E-state index in [0.29, 0.717) is 0 Å². The molecular formula is C13H28O2. The van der Waals surface area contributed by atoms with Gasteiger partial charge >= 0.3 is 0 Å². The monoisotopic (exact) mass is 216 g/mol. The van der Waals surface area contributed by atoms with Gasteiger partial charge in [-0.15, -0.1) is 0 Å². The molecule has 0 aromatic heterocycles. The fourth-order valence-electron chi connectivity index (χ4n) is 1.79. The van der Waals surface area contributed by atoms with E-state index in [1.54, 1.807) is 0 Å². The lowest BCUT2D eigenvalue weighted by Crippen LogP contribution is -2.39. The Morgan fingerprint density at radius 1 is 0.933 bits per heavy atom. The molecule has 0 bridgehead atoms. The molecule has 0 radical (unpaired) electrons. The highest BCUT2D eigenvalue weighted by atomic mass is 16.7. The summed E-state index contributed by atoms with van der Waals surface area (Å²) in [6, 6.07) is 0. The first kappa shape index (κ1) is 14.9. The lowest BCUT2D eigenvalue weighted by atomic mass is 10.1. The molecule has 0 amide bonds. The Kier molecular flexibility index (Phi) is 7.20. The minimum Gasteiger partial charge on any atom is -0.347 e. The molecule has 0 aromatic rings. The molecule has 0 rings (SSSR count). The molecule has 0 atom stereocenters. The Morgan fingerprint density at radius 2 is 1.40 bits per heavy atom. The Labute approximate surface area is 95.3 Å². The molecule has 2 nitrogen and oxygen atoms in total. The van der Waals surface area contributed by atoms with Crippen LogP contribution in [0.5, 0.6) is 0 Å². The van der Waals surface area contributed by atoms with Crippen molar-refractivity contribution in [2.75, 3.05) is 0 Å². The van der Waals surface area contributed by atoms with Gasteiger partial charge in [0.2, 0.25) is 0 Å². The van der Waals surface area contributed by atoms with Gasteiger partial charge in [-0.05, 0) is 40.5 Å². The number of hydrogen-bond acceptors (Lipinski definition) is 2. The fraction of sp³-hybridized carbons (Fsp3) is 1.00. The van der Waals surface area contributed by atoms with E-state index < -0.39 is 0 Å². The van der Waals surface area contributed by atoms with Crippen molar-refractivity contribution in [2.45, 2.75) is 85.2 Å². The number of hydrogen-bond donors (Lipinski definition) is 0. The van der Waals surface area contributed by atoms with Crippen molar-refractivity contribution < 1.29 is 9.47 Å². The quantitative estimate of drug-likeness (QED) is 0.568. The normalized spacial score (nSPS) is 12.8. The van der Waals surface area contributed by atoms with Crippen LogP contribution in [0.25, 0.3) is 0 Å². The average molecular weight is 216 g/mol. The third-order valence-electron chi connectivity index (χ3n) is 2.35. The van der Waals surface area contributed by atoms with Gasteiger partial charge < -0.3 is 9.47 Å². The maximum absolute atomic E-state index is 5.98. The van der Waals surface area contributed by atoms with E-state index in [-0.39, 0.29) is 18.0 Å². The van der Waals surface area contributed by atoms with E-state index in [0.717, 1.165) is 19.3 Å². The van der Waals surface area contributed by atoms with Gasteiger partial charge in [-0.25, -0.2) is 0 Å². The van der Waals surface area contributed by atoms with Crippen LogP contribution in [0.3, 0.4) is 0 Å². The van der Waals surface area contributed by atoms with Crippen LogP contribution in [-0.2, 0) is 9.47 Å². The van der Waals surface area contributed by atoms with Gasteiger partial charge in [0.25, 0.3) is 0 Å². The van der Waals surface area contributed by atoms with Crippen molar-refractivity contribution in [3.8, 4) is 0 Å². The molecule has 0 fully saturated rings. The molecule has 0 heterocycles. The zero-order chi connectivity index (χ0) is 11.9. The molecule has 0 aliphatic heterocycles. The maximum atomic E-state index is 5.98. The molecular weight excluding hydrogens is 188 g/mol. The molecule has 0 aromatic carbocycles. The summed E-state index contributed by atoms with van der Waals surface area (Å²) in [7, 11) is 0. The van der Waals surface area contributed by atoms with Crippen LogP contribution < -0.4 is 0 Å². The van der Waals surface area contributed by atoms with Crippen LogP contribution in [0, 0.1) is 0 Å². The van der Waals surface area contributed by atoms with E-state index in [9.17, 15) is 0 Å². The smallest absolute Gasteiger partial charge is 0.168 e. The molecule has 0 aliphatic carbocycles. The molecule has 0 N–H and O–H groups in total. The van der Waals surface area contributed by atoms with Gasteiger partial charge in [0.1, 0.15) is 0 Å². The Hall–Kier alpha value is -0.0800. The first-order valence-electron chi connectivity index (χ1n) is 6.31. The molecule has 2 heteroatoms. The third-order valence-corrected chi connectivity index (χ3v) is 2.35. The highest BCUT2D eigenvalue weighted by Gasteiger charge is 2.31. The second-order valence-corrected chi connectivity index (χ2v) is 4.70. The highest BCUT2D eigenvalue weighted by Crippen LogP contribution is 2.28. The van der Waals surface area contributed by atoms with Gasteiger partial charge in [-0.1, -0.05) is 20.3 Å². The Morgan fingerprint density at radius 3 is 1.67 bits per heavy atom. The van der Waals surface area contributed by atoms with Crippen molar-refractivity contribution in [1.29, 1.82) is 0 Å². The molecule has 0 saturated heterocycles. The third kappa shape index (κ3) is 6.16.